The van der Waals surface area contributed by atoms with Gasteiger partial charge in [0.25, 0.3) is 5.91 Å². The van der Waals surface area contributed by atoms with Crippen LogP contribution in [-0.2, 0) is 9.84 Å². The summed E-state index contributed by atoms with van der Waals surface area (Å²) in [5, 5.41) is 2.72. The number of anilines is 1. The number of amides is 1. The number of carbonyl (C=O) groups excluding carboxylic acids is 1. The topological polar surface area (TPSA) is 102 Å². The zero-order valence-electron chi connectivity index (χ0n) is 9.97. The molecule has 1 heterocycles. The van der Waals surface area contributed by atoms with Crippen molar-refractivity contribution < 1.29 is 13.2 Å². The summed E-state index contributed by atoms with van der Waals surface area (Å²) in [4.78, 5) is 15.5. The number of rotatable bonds is 4. The van der Waals surface area contributed by atoms with Gasteiger partial charge in [0.05, 0.1) is 16.3 Å². The zero-order valence-corrected chi connectivity index (χ0v) is 11.5. The second kappa shape index (κ2) is 5.53. The predicted octanol–water partition coefficient (Wildman–Crippen LogP) is 0.480. The third-order valence-corrected chi connectivity index (χ3v) is 3.47. The van der Waals surface area contributed by atoms with E-state index >= 15 is 0 Å². The molecule has 3 N–H and O–H groups in total. The first kappa shape index (κ1) is 14.7. The van der Waals surface area contributed by atoms with E-state index in [0.717, 1.165) is 6.26 Å². The average molecular weight is 292 g/mol. The summed E-state index contributed by atoms with van der Waals surface area (Å²) < 4.78 is 22.1. The van der Waals surface area contributed by atoms with Crippen molar-refractivity contribution in [3.05, 3.63) is 22.8 Å². The number of aromatic nitrogens is 1. The van der Waals surface area contributed by atoms with E-state index in [4.69, 9.17) is 17.3 Å². The summed E-state index contributed by atoms with van der Waals surface area (Å²) in [6, 6.07) is 0.885. The quantitative estimate of drug-likeness (QED) is 0.840. The molecule has 0 aliphatic heterocycles. The minimum atomic E-state index is -3.14. The maximum Gasteiger partial charge on any atom is 0.253 e. The molecule has 1 amide bonds. The van der Waals surface area contributed by atoms with Gasteiger partial charge in [0.1, 0.15) is 15.7 Å². The van der Waals surface area contributed by atoms with Crippen LogP contribution in [-0.4, -0.2) is 37.4 Å². The molecule has 1 unspecified atom stereocenters. The number of hydrogen-bond acceptors (Lipinski definition) is 5. The Morgan fingerprint density at radius 3 is 2.72 bits per heavy atom. The van der Waals surface area contributed by atoms with Gasteiger partial charge in [0.2, 0.25) is 0 Å². The highest BCUT2D eigenvalue weighted by Crippen LogP contribution is 2.16. The van der Waals surface area contributed by atoms with Crippen molar-refractivity contribution in [2.75, 3.05) is 17.7 Å². The lowest BCUT2D eigenvalue weighted by Crippen LogP contribution is -2.37. The molecule has 6 nitrogen and oxygen atoms in total. The molecule has 8 heteroatoms. The molecule has 18 heavy (non-hydrogen) atoms. The smallest absolute Gasteiger partial charge is 0.253 e. The van der Waals surface area contributed by atoms with Gasteiger partial charge < -0.3 is 11.1 Å². The van der Waals surface area contributed by atoms with E-state index in [0.29, 0.717) is 0 Å². The largest absolute Gasteiger partial charge is 0.382 e. The maximum atomic E-state index is 11.8. The van der Waals surface area contributed by atoms with Crippen molar-refractivity contribution in [1.82, 2.24) is 10.3 Å². The highest BCUT2D eigenvalue weighted by molar-refractivity contribution is 7.90. The highest BCUT2D eigenvalue weighted by Gasteiger charge is 2.15. The molecule has 0 saturated carbocycles. The first-order chi connectivity index (χ1) is 8.19. The van der Waals surface area contributed by atoms with E-state index < -0.39 is 21.8 Å². The SMILES string of the molecule is CC(CS(C)(=O)=O)NC(=O)c1cnc(N)c(Cl)c1. The minimum absolute atomic E-state index is 0.130. The van der Waals surface area contributed by atoms with Gasteiger partial charge in [-0.2, -0.15) is 0 Å². The van der Waals surface area contributed by atoms with E-state index in [2.05, 4.69) is 10.3 Å². The Bertz CT molecular complexity index is 559. The molecule has 1 rings (SSSR count). The van der Waals surface area contributed by atoms with Gasteiger partial charge in [-0.25, -0.2) is 13.4 Å². The molecule has 1 aromatic rings. The normalized spacial score (nSPS) is 13.1. The number of nitrogen functional groups attached to an aromatic ring is 1. The molecule has 0 fully saturated rings. The van der Waals surface area contributed by atoms with Gasteiger partial charge in [-0.3, -0.25) is 4.79 Å². The molecule has 1 aromatic heterocycles. The fourth-order valence-electron chi connectivity index (χ4n) is 1.38. The van der Waals surface area contributed by atoms with E-state index in [9.17, 15) is 13.2 Å². The lowest BCUT2D eigenvalue weighted by molar-refractivity contribution is 0.0943. The van der Waals surface area contributed by atoms with Crippen LogP contribution in [0.25, 0.3) is 0 Å². The first-order valence-corrected chi connectivity index (χ1v) is 7.52. The monoisotopic (exact) mass is 291 g/mol. The van der Waals surface area contributed by atoms with Crippen molar-refractivity contribution >= 4 is 33.2 Å². The number of nitrogens with one attached hydrogen (secondary N) is 1. The van der Waals surface area contributed by atoms with Crippen LogP contribution in [0.2, 0.25) is 5.02 Å². The van der Waals surface area contributed by atoms with Gasteiger partial charge >= 0.3 is 0 Å². The highest BCUT2D eigenvalue weighted by atomic mass is 35.5. The third-order valence-electron chi connectivity index (χ3n) is 2.06. The Morgan fingerprint density at radius 1 is 1.61 bits per heavy atom. The molecular weight excluding hydrogens is 278 g/mol. The van der Waals surface area contributed by atoms with Crippen LogP contribution in [0, 0.1) is 0 Å². The summed E-state index contributed by atoms with van der Waals surface area (Å²) in [6.45, 7) is 1.60. The van der Waals surface area contributed by atoms with Gasteiger partial charge in [0, 0.05) is 18.5 Å². The number of carbonyl (C=O) groups is 1. The molecule has 0 aromatic carbocycles. The molecule has 0 aliphatic rings. The second-order valence-electron chi connectivity index (χ2n) is 4.06. The molecule has 100 valence electrons. The van der Waals surface area contributed by atoms with E-state index in [1.54, 1.807) is 6.92 Å². The lowest BCUT2D eigenvalue weighted by Gasteiger charge is -2.12. The number of halogens is 1. The molecule has 0 spiro atoms. The standard InChI is InChI=1S/C10H14ClN3O3S/c1-6(5-18(2,16)17)14-10(15)7-3-8(11)9(12)13-4-7/h3-4,6H,5H2,1-2H3,(H2,12,13)(H,14,15). The number of pyridine rings is 1. The van der Waals surface area contributed by atoms with E-state index in [1.807, 2.05) is 0 Å². The van der Waals surface area contributed by atoms with Gasteiger partial charge in [-0.05, 0) is 13.0 Å². The molecule has 0 radical (unpaired) electrons. The Hall–Kier alpha value is -1.34. The van der Waals surface area contributed by atoms with Crippen LogP contribution in [0.15, 0.2) is 12.3 Å². The lowest BCUT2D eigenvalue weighted by atomic mass is 10.2. The number of hydrogen-bond donors (Lipinski definition) is 2. The van der Waals surface area contributed by atoms with Crippen LogP contribution in [0.1, 0.15) is 17.3 Å². The Balaban J connectivity index is 2.73. The third kappa shape index (κ3) is 4.50. The van der Waals surface area contributed by atoms with E-state index in [1.165, 1.54) is 12.3 Å². The Kier molecular flexibility index (Phi) is 4.53. The Labute approximate surface area is 110 Å². The number of nitrogens with zero attached hydrogens (tertiary/aromatic N) is 1. The van der Waals surface area contributed by atoms with Crippen molar-refractivity contribution in [3.63, 3.8) is 0 Å². The summed E-state index contributed by atoms with van der Waals surface area (Å²) in [5.74, 6) is -0.438. The molecule has 1 atom stereocenters. The van der Waals surface area contributed by atoms with Crippen LogP contribution in [0.5, 0.6) is 0 Å². The fourth-order valence-corrected chi connectivity index (χ4v) is 2.53. The van der Waals surface area contributed by atoms with Crippen LogP contribution < -0.4 is 11.1 Å². The first-order valence-electron chi connectivity index (χ1n) is 5.08. The number of sulfone groups is 1. The van der Waals surface area contributed by atoms with Crippen LogP contribution in [0.4, 0.5) is 5.82 Å². The van der Waals surface area contributed by atoms with Gasteiger partial charge in [-0.15, -0.1) is 0 Å². The van der Waals surface area contributed by atoms with Crippen molar-refractivity contribution in [2.24, 2.45) is 0 Å². The Morgan fingerprint density at radius 2 is 2.22 bits per heavy atom. The minimum Gasteiger partial charge on any atom is -0.382 e. The van der Waals surface area contributed by atoms with Crippen molar-refractivity contribution in [2.45, 2.75) is 13.0 Å². The van der Waals surface area contributed by atoms with Crippen LogP contribution >= 0.6 is 11.6 Å². The number of nitrogens with two attached hydrogens (primary N) is 1. The predicted molar refractivity (Wildman–Crippen MR) is 70.3 cm³/mol. The summed E-state index contributed by atoms with van der Waals surface area (Å²) in [7, 11) is -3.14. The average Bonchev–Trinajstić information content (AvgIpc) is 2.18. The maximum absolute atomic E-state index is 11.8. The molecule has 0 saturated heterocycles. The van der Waals surface area contributed by atoms with Gasteiger partial charge in [0.15, 0.2) is 0 Å². The fraction of sp³-hybridized carbons (Fsp3) is 0.400. The van der Waals surface area contributed by atoms with Gasteiger partial charge in [-0.1, -0.05) is 11.6 Å². The zero-order chi connectivity index (χ0) is 13.9. The van der Waals surface area contributed by atoms with Crippen molar-refractivity contribution in [3.8, 4) is 0 Å². The summed E-state index contributed by atoms with van der Waals surface area (Å²) in [5.41, 5.74) is 5.65. The summed E-state index contributed by atoms with van der Waals surface area (Å²) >= 11 is 5.74. The molecule has 0 bridgehead atoms. The second-order valence-corrected chi connectivity index (χ2v) is 6.65. The molecule has 0 aliphatic carbocycles. The van der Waals surface area contributed by atoms with Crippen molar-refractivity contribution in [1.29, 1.82) is 0 Å². The molecular formula is C10H14ClN3O3S. The van der Waals surface area contributed by atoms with E-state index in [-0.39, 0.29) is 22.2 Å². The summed E-state index contributed by atoms with van der Waals surface area (Å²) in [6.07, 6.45) is 2.39. The van der Waals surface area contributed by atoms with Crippen LogP contribution in [0.3, 0.4) is 0 Å².